The molecule has 0 aliphatic rings. The van der Waals surface area contributed by atoms with Gasteiger partial charge in [-0.2, -0.15) is 5.10 Å². The second-order valence-corrected chi connectivity index (χ2v) is 6.46. The van der Waals surface area contributed by atoms with Gasteiger partial charge in [0.05, 0.1) is 5.69 Å². The van der Waals surface area contributed by atoms with Crippen LogP contribution in [0.25, 0.3) is 5.82 Å². The van der Waals surface area contributed by atoms with Crippen LogP contribution < -0.4 is 5.32 Å². The summed E-state index contributed by atoms with van der Waals surface area (Å²) in [7, 11) is 0. The zero-order valence-corrected chi connectivity index (χ0v) is 14.1. The second kappa shape index (κ2) is 5.47. The summed E-state index contributed by atoms with van der Waals surface area (Å²) in [6.45, 7) is 15.4. The Kier molecular flexibility index (Phi) is 4.03. The highest BCUT2D eigenvalue weighted by atomic mass is 15.3. The Bertz CT molecular complexity index is 649. The van der Waals surface area contributed by atoms with Crippen molar-refractivity contribution in [2.45, 2.75) is 53.9 Å². The number of nitrogens with one attached hydrogen (secondary N) is 1. The van der Waals surface area contributed by atoms with E-state index in [0.29, 0.717) is 0 Å². The smallest absolute Gasteiger partial charge is 0.162 e. The van der Waals surface area contributed by atoms with Crippen molar-refractivity contribution in [3.63, 3.8) is 0 Å². The highest BCUT2D eigenvalue weighted by Gasteiger charge is 2.22. The third-order valence-corrected chi connectivity index (χ3v) is 3.35. The van der Waals surface area contributed by atoms with Crippen LogP contribution in [0.1, 0.15) is 50.5 Å². The van der Waals surface area contributed by atoms with E-state index < -0.39 is 0 Å². The molecular weight excluding hydrogens is 262 g/mol. The van der Waals surface area contributed by atoms with Crippen molar-refractivity contribution in [1.82, 2.24) is 19.7 Å². The average molecular weight is 287 g/mol. The van der Waals surface area contributed by atoms with E-state index in [2.05, 4.69) is 44.2 Å². The van der Waals surface area contributed by atoms with Gasteiger partial charge in [0, 0.05) is 23.2 Å². The molecule has 0 fully saturated rings. The van der Waals surface area contributed by atoms with E-state index in [-0.39, 0.29) is 5.41 Å². The molecule has 2 aromatic rings. The van der Waals surface area contributed by atoms with Crippen molar-refractivity contribution < 1.29 is 0 Å². The second-order valence-electron chi connectivity index (χ2n) is 6.46. The Hall–Kier alpha value is -1.91. The van der Waals surface area contributed by atoms with Crippen LogP contribution >= 0.6 is 0 Å². The summed E-state index contributed by atoms with van der Waals surface area (Å²) in [5.74, 6) is 2.57. The number of hydrogen-bond acceptors (Lipinski definition) is 4. The number of aryl methyl sites for hydroxylation is 2. The van der Waals surface area contributed by atoms with Gasteiger partial charge < -0.3 is 5.32 Å². The molecule has 5 nitrogen and oxygen atoms in total. The number of anilines is 1. The standard InChI is InChI=1S/C16H25N5/c1-8-17-13-12(4)14(19-15(18-13)16(5,6)7)21-11(3)9-10(2)20-21/h9H,8H2,1-7H3,(H,17,18,19). The molecule has 5 heteroatoms. The minimum absolute atomic E-state index is 0.108. The molecule has 0 saturated carbocycles. The van der Waals surface area contributed by atoms with Gasteiger partial charge >= 0.3 is 0 Å². The topological polar surface area (TPSA) is 55.6 Å². The molecule has 2 heterocycles. The first-order valence-corrected chi connectivity index (χ1v) is 7.40. The van der Waals surface area contributed by atoms with Crippen molar-refractivity contribution in [2.75, 3.05) is 11.9 Å². The number of aromatic nitrogens is 4. The minimum atomic E-state index is -0.108. The van der Waals surface area contributed by atoms with Gasteiger partial charge in [0.15, 0.2) is 5.82 Å². The molecular formula is C16H25N5. The highest BCUT2D eigenvalue weighted by molar-refractivity contribution is 5.52. The van der Waals surface area contributed by atoms with Gasteiger partial charge in [0.1, 0.15) is 11.6 Å². The van der Waals surface area contributed by atoms with Crippen LogP contribution in [0.15, 0.2) is 6.07 Å². The van der Waals surface area contributed by atoms with Crippen LogP contribution in [0.2, 0.25) is 0 Å². The minimum Gasteiger partial charge on any atom is -0.370 e. The van der Waals surface area contributed by atoms with Crippen molar-refractivity contribution >= 4 is 5.82 Å². The molecule has 0 unspecified atom stereocenters. The van der Waals surface area contributed by atoms with Crippen molar-refractivity contribution in [1.29, 1.82) is 0 Å². The molecule has 2 aromatic heterocycles. The molecule has 0 saturated heterocycles. The molecule has 21 heavy (non-hydrogen) atoms. The van der Waals surface area contributed by atoms with Crippen molar-refractivity contribution in [3.05, 3.63) is 28.8 Å². The molecule has 0 aliphatic carbocycles. The van der Waals surface area contributed by atoms with E-state index in [0.717, 1.165) is 41.0 Å². The third-order valence-electron chi connectivity index (χ3n) is 3.35. The van der Waals surface area contributed by atoms with E-state index in [1.165, 1.54) is 0 Å². The molecule has 0 radical (unpaired) electrons. The van der Waals surface area contributed by atoms with Gasteiger partial charge in [-0.25, -0.2) is 14.6 Å². The lowest BCUT2D eigenvalue weighted by atomic mass is 9.95. The van der Waals surface area contributed by atoms with Crippen LogP contribution in [0.5, 0.6) is 0 Å². The van der Waals surface area contributed by atoms with Crippen molar-refractivity contribution in [2.24, 2.45) is 0 Å². The van der Waals surface area contributed by atoms with E-state index in [1.807, 2.05) is 25.5 Å². The summed E-state index contributed by atoms with van der Waals surface area (Å²) >= 11 is 0. The Morgan fingerprint density at radius 1 is 1.14 bits per heavy atom. The molecule has 2 rings (SSSR count). The summed E-state index contributed by atoms with van der Waals surface area (Å²) in [5, 5.41) is 7.90. The predicted octanol–water partition coefficient (Wildman–Crippen LogP) is 3.32. The summed E-state index contributed by atoms with van der Waals surface area (Å²) in [4.78, 5) is 9.47. The van der Waals surface area contributed by atoms with E-state index in [4.69, 9.17) is 9.97 Å². The normalized spacial score (nSPS) is 11.8. The van der Waals surface area contributed by atoms with E-state index in [1.54, 1.807) is 0 Å². The molecule has 1 N–H and O–H groups in total. The molecule has 0 aromatic carbocycles. The van der Waals surface area contributed by atoms with E-state index in [9.17, 15) is 0 Å². The van der Waals surface area contributed by atoms with Gasteiger partial charge in [-0.3, -0.25) is 0 Å². The Labute approximate surface area is 126 Å². The Morgan fingerprint density at radius 2 is 1.81 bits per heavy atom. The number of rotatable bonds is 3. The Balaban J connectivity index is 2.69. The molecule has 0 amide bonds. The van der Waals surface area contributed by atoms with Gasteiger partial charge in [0.25, 0.3) is 0 Å². The van der Waals surface area contributed by atoms with Gasteiger partial charge in [-0.15, -0.1) is 0 Å². The van der Waals surface area contributed by atoms with Crippen molar-refractivity contribution in [3.8, 4) is 5.82 Å². The maximum Gasteiger partial charge on any atom is 0.162 e. The van der Waals surface area contributed by atoms with Crippen LogP contribution in [0, 0.1) is 20.8 Å². The monoisotopic (exact) mass is 287 g/mol. The highest BCUT2D eigenvalue weighted by Crippen LogP contribution is 2.26. The van der Waals surface area contributed by atoms with Crippen LogP contribution in [-0.2, 0) is 5.41 Å². The summed E-state index contributed by atoms with van der Waals surface area (Å²) < 4.78 is 1.91. The first-order valence-electron chi connectivity index (χ1n) is 7.40. The molecule has 0 aliphatic heterocycles. The van der Waals surface area contributed by atoms with Gasteiger partial charge in [-0.05, 0) is 33.8 Å². The fourth-order valence-electron chi connectivity index (χ4n) is 2.23. The molecule has 114 valence electrons. The summed E-state index contributed by atoms with van der Waals surface area (Å²) in [5.41, 5.74) is 2.99. The lowest BCUT2D eigenvalue weighted by Gasteiger charge is -2.21. The fourth-order valence-corrected chi connectivity index (χ4v) is 2.23. The third kappa shape index (κ3) is 3.06. The largest absolute Gasteiger partial charge is 0.370 e. The number of hydrogen-bond donors (Lipinski definition) is 1. The van der Waals surface area contributed by atoms with Gasteiger partial charge in [0.2, 0.25) is 0 Å². The fraction of sp³-hybridized carbons (Fsp3) is 0.562. The lowest BCUT2D eigenvalue weighted by Crippen LogP contribution is -2.21. The zero-order chi connectivity index (χ0) is 15.8. The van der Waals surface area contributed by atoms with Crippen LogP contribution in [-0.4, -0.2) is 26.3 Å². The maximum atomic E-state index is 4.78. The Morgan fingerprint density at radius 3 is 2.29 bits per heavy atom. The molecule has 0 spiro atoms. The van der Waals surface area contributed by atoms with Crippen LogP contribution in [0.4, 0.5) is 5.82 Å². The first kappa shape index (κ1) is 15.5. The molecule has 0 atom stereocenters. The molecule has 0 bridgehead atoms. The zero-order valence-electron chi connectivity index (χ0n) is 14.1. The summed E-state index contributed by atoms with van der Waals surface area (Å²) in [6, 6.07) is 2.06. The lowest BCUT2D eigenvalue weighted by molar-refractivity contribution is 0.541. The van der Waals surface area contributed by atoms with Crippen LogP contribution in [0.3, 0.4) is 0 Å². The number of nitrogens with zero attached hydrogens (tertiary/aromatic N) is 4. The van der Waals surface area contributed by atoms with Gasteiger partial charge in [-0.1, -0.05) is 20.8 Å². The van der Waals surface area contributed by atoms with E-state index >= 15 is 0 Å². The first-order chi connectivity index (χ1) is 9.74. The quantitative estimate of drug-likeness (QED) is 0.941. The summed E-state index contributed by atoms with van der Waals surface area (Å²) in [6.07, 6.45) is 0. The average Bonchev–Trinajstić information content (AvgIpc) is 2.70. The maximum absolute atomic E-state index is 4.78. The predicted molar refractivity (Wildman–Crippen MR) is 86.2 cm³/mol. The SMILES string of the molecule is CCNc1nc(C(C)(C)C)nc(-n2nc(C)cc2C)c1C.